The molecule has 1 aliphatic heterocycles. The van der Waals surface area contributed by atoms with Gasteiger partial charge in [-0.1, -0.05) is 13.2 Å². The summed E-state index contributed by atoms with van der Waals surface area (Å²) in [5.41, 5.74) is 1.48. The fraction of sp³-hybridized carbons (Fsp3) is 0.632. The summed E-state index contributed by atoms with van der Waals surface area (Å²) in [4.78, 5) is 15.9. The van der Waals surface area contributed by atoms with Gasteiger partial charge in [0.2, 0.25) is 0 Å². The molecule has 0 saturated carbocycles. The quantitative estimate of drug-likeness (QED) is 0.566. The van der Waals surface area contributed by atoms with Crippen LogP contribution < -0.4 is 0 Å². The van der Waals surface area contributed by atoms with Crippen LogP contribution in [0.4, 0.5) is 4.79 Å². The normalized spacial score (nSPS) is 16.6. The molecule has 0 atom stereocenters. The van der Waals surface area contributed by atoms with Crippen molar-refractivity contribution in [2.24, 2.45) is 5.92 Å². The molecule has 0 aromatic rings. The van der Waals surface area contributed by atoms with Gasteiger partial charge in [0.15, 0.2) is 0 Å². The predicted octanol–water partition coefficient (Wildman–Crippen LogP) is 3.80. The molecule has 24 heavy (non-hydrogen) atoms. The zero-order valence-corrected chi connectivity index (χ0v) is 16.0. The molecule has 0 aromatic heterocycles. The maximum atomic E-state index is 12.2. The average Bonchev–Trinajstić information content (AvgIpc) is 2.49. The highest BCUT2D eigenvalue weighted by Gasteiger charge is 2.29. The van der Waals surface area contributed by atoms with Gasteiger partial charge < -0.3 is 19.3 Å². The second kappa shape index (κ2) is 8.27. The van der Waals surface area contributed by atoms with Crippen molar-refractivity contribution >= 4 is 6.09 Å². The molecule has 1 amide bonds. The van der Waals surface area contributed by atoms with Crippen molar-refractivity contribution in [1.82, 2.24) is 9.80 Å². The van der Waals surface area contributed by atoms with E-state index in [0.29, 0.717) is 24.8 Å². The number of nitrogens with zero attached hydrogens (tertiary/aromatic N) is 2. The Bertz CT molecular complexity index is 507. The number of amides is 1. The highest BCUT2D eigenvalue weighted by molar-refractivity contribution is 5.68. The van der Waals surface area contributed by atoms with Gasteiger partial charge in [0.05, 0.1) is 7.11 Å². The van der Waals surface area contributed by atoms with Gasteiger partial charge in [-0.3, -0.25) is 0 Å². The van der Waals surface area contributed by atoms with Crippen LogP contribution in [-0.4, -0.2) is 55.8 Å². The second-order valence-corrected chi connectivity index (χ2v) is 7.40. The van der Waals surface area contributed by atoms with Crippen molar-refractivity contribution < 1.29 is 14.3 Å². The minimum absolute atomic E-state index is 0.239. The van der Waals surface area contributed by atoms with Crippen LogP contribution in [0.5, 0.6) is 0 Å². The van der Waals surface area contributed by atoms with Crippen molar-refractivity contribution in [3.63, 3.8) is 0 Å². The SMILES string of the molecule is C=C(OC)/C(=C\N(C)C)C(=C)C1CCN(C(=O)OC(C)(C)C)CC1. The molecule has 0 unspecified atom stereocenters. The monoisotopic (exact) mass is 336 g/mol. The second-order valence-electron chi connectivity index (χ2n) is 7.40. The molecule has 1 saturated heterocycles. The number of likely N-dealkylation sites (tertiary alicyclic amines) is 1. The third kappa shape index (κ3) is 5.95. The van der Waals surface area contributed by atoms with E-state index in [1.165, 1.54) is 0 Å². The van der Waals surface area contributed by atoms with Crippen LogP contribution in [0.3, 0.4) is 0 Å². The summed E-state index contributed by atoms with van der Waals surface area (Å²) < 4.78 is 10.7. The molecule has 1 fully saturated rings. The molecule has 1 rings (SSSR count). The lowest BCUT2D eigenvalue weighted by Crippen LogP contribution is -2.42. The van der Waals surface area contributed by atoms with Crippen LogP contribution in [0.15, 0.2) is 36.3 Å². The molecule has 0 spiro atoms. The summed E-state index contributed by atoms with van der Waals surface area (Å²) in [6.07, 6.45) is 3.46. The van der Waals surface area contributed by atoms with Crippen molar-refractivity contribution in [3.8, 4) is 0 Å². The molecular formula is C19H32N2O3. The van der Waals surface area contributed by atoms with Crippen molar-refractivity contribution in [1.29, 1.82) is 0 Å². The Balaban J connectivity index is 2.71. The number of methoxy groups -OCH3 is 1. The smallest absolute Gasteiger partial charge is 0.410 e. The number of rotatable bonds is 5. The van der Waals surface area contributed by atoms with Gasteiger partial charge in [0.1, 0.15) is 11.4 Å². The van der Waals surface area contributed by atoms with E-state index in [0.717, 1.165) is 24.0 Å². The van der Waals surface area contributed by atoms with E-state index in [2.05, 4.69) is 13.2 Å². The molecule has 136 valence electrons. The van der Waals surface area contributed by atoms with Crippen LogP contribution in [0.1, 0.15) is 33.6 Å². The number of allylic oxidation sites excluding steroid dienone is 1. The topological polar surface area (TPSA) is 42.0 Å². The number of ether oxygens (including phenoxy) is 2. The minimum Gasteiger partial charge on any atom is -0.497 e. The Morgan fingerprint density at radius 3 is 2.17 bits per heavy atom. The highest BCUT2D eigenvalue weighted by atomic mass is 16.6. The van der Waals surface area contributed by atoms with Crippen LogP contribution in [0, 0.1) is 5.92 Å². The predicted molar refractivity (Wildman–Crippen MR) is 97.6 cm³/mol. The summed E-state index contributed by atoms with van der Waals surface area (Å²) >= 11 is 0. The highest BCUT2D eigenvalue weighted by Crippen LogP contribution is 2.32. The largest absolute Gasteiger partial charge is 0.497 e. The van der Waals surface area contributed by atoms with Crippen LogP contribution in [0.25, 0.3) is 0 Å². The lowest BCUT2D eigenvalue weighted by Gasteiger charge is -2.34. The Kier molecular flexibility index (Phi) is 6.93. The molecule has 0 N–H and O–H groups in total. The molecule has 0 aromatic carbocycles. The van der Waals surface area contributed by atoms with Gasteiger partial charge >= 0.3 is 6.09 Å². The van der Waals surface area contributed by atoms with E-state index in [-0.39, 0.29) is 6.09 Å². The zero-order chi connectivity index (χ0) is 18.5. The van der Waals surface area contributed by atoms with Crippen molar-refractivity contribution in [2.45, 2.75) is 39.2 Å². The van der Waals surface area contributed by atoms with E-state index < -0.39 is 5.60 Å². The van der Waals surface area contributed by atoms with Gasteiger partial charge in [-0.15, -0.1) is 0 Å². The van der Waals surface area contributed by atoms with Gasteiger partial charge in [0, 0.05) is 39.0 Å². The Morgan fingerprint density at radius 1 is 1.21 bits per heavy atom. The van der Waals surface area contributed by atoms with Gasteiger partial charge in [-0.25, -0.2) is 4.79 Å². The van der Waals surface area contributed by atoms with E-state index in [1.807, 2.05) is 46.0 Å². The molecule has 5 nitrogen and oxygen atoms in total. The average molecular weight is 336 g/mol. The van der Waals surface area contributed by atoms with Gasteiger partial charge in [-0.05, 0) is 45.1 Å². The van der Waals surface area contributed by atoms with Crippen LogP contribution >= 0.6 is 0 Å². The van der Waals surface area contributed by atoms with Crippen LogP contribution in [0.2, 0.25) is 0 Å². The van der Waals surface area contributed by atoms with Crippen molar-refractivity contribution in [3.05, 3.63) is 36.3 Å². The molecule has 0 bridgehead atoms. The molecule has 1 heterocycles. The first kappa shape index (κ1) is 20.1. The maximum absolute atomic E-state index is 12.2. The Hall–Kier alpha value is -1.91. The number of piperidine rings is 1. The Labute approximate surface area is 146 Å². The molecule has 5 heteroatoms. The van der Waals surface area contributed by atoms with E-state index >= 15 is 0 Å². The summed E-state index contributed by atoms with van der Waals surface area (Å²) in [6, 6.07) is 0. The third-order valence-corrected chi connectivity index (χ3v) is 3.92. The number of carbonyl (C=O) groups excluding carboxylic acids is 1. The van der Waals surface area contributed by atoms with E-state index in [4.69, 9.17) is 9.47 Å². The third-order valence-electron chi connectivity index (χ3n) is 3.92. The fourth-order valence-electron chi connectivity index (χ4n) is 2.66. The summed E-state index contributed by atoms with van der Waals surface area (Å²) in [5.74, 6) is 0.921. The summed E-state index contributed by atoms with van der Waals surface area (Å²) in [7, 11) is 5.53. The summed E-state index contributed by atoms with van der Waals surface area (Å²) in [5, 5.41) is 0. The van der Waals surface area contributed by atoms with E-state index in [1.54, 1.807) is 12.0 Å². The number of hydrogen-bond acceptors (Lipinski definition) is 4. The van der Waals surface area contributed by atoms with E-state index in [9.17, 15) is 4.79 Å². The van der Waals surface area contributed by atoms with Crippen LogP contribution in [-0.2, 0) is 9.47 Å². The maximum Gasteiger partial charge on any atom is 0.410 e. The van der Waals surface area contributed by atoms with Gasteiger partial charge in [0.25, 0.3) is 0 Å². The first-order valence-corrected chi connectivity index (χ1v) is 8.33. The fourth-order valence-corrected chi connectivity index (χ4v) is 2.66. The minimum atomic E-state index is -0.463. The molecule has 0 aliphatic carbocycles. The Morgan fingerprint density at radius 2 is 1.75 bits per heavy atom. The lowest BCUT2D eigenvalue weighted by molar-refractivity contribution is 0.0195. The standard InChI is InChI=1S/C19H32N2O3/c1-14(17(13-20(6)7)15(2)23-8)16-9-11-21(12-10-16)18(22)24-19(3,4)5/h13,16H,1-2,9-12H2,3-8H3/b17-13-. The lowest BCUT2D eigenvalue weighted by atomic mass is 9.85. The molecule has 1 aliphatic rings. The van der Waals surface area contributed by atoms with Gasteiger partial charge in [-0.2, -0.15) is 0 Å². The summed E-state index contributed by atoms with van der Waals surface area (Å²) in [6.45, 7) is 15.2. The molecule has 0 radical (unpaired) electrons. The number of hydrogen-bond donors (Lipinski definition) is 0. The number of carbonyl (C=O) groups is 1. The molecular weight excluding hydrogens is 304 g/mol. The first-order chi connectivity index (χ1) is 11.0. The first-order valence-electron chi connectivity index (χ1n) is 8.33. The zero-order valence-electron chi connectivity index (χ0n) is 16.0. The van der Waals surface area contributed by atoms with Crippen molar-refractivity contribution in [2.75, 3.05) is 34.3 Å².